The second kappa shape index (κ2) is 3.16. The first-order chi connectivity index (χ1) is 6.83. The van der Waals surface area contributed by atoms with Crippen LogP contribution in [-0.4, -0.2) is 21.4 Å². The van der Waals surface area contributed by atoms with Gasteiger partial charge < -0.3 is 10.9 Å². The Kier molecular flexibility index (Phi) is 1.86. The zero-order chi connectivity index (χ0) is 9.97. The molecule has 0 aromatic carbocycles. The molecule has 14 heavy (non-hydrogen) atoms. The van der Waals surface area contributed by atoms with Gasteiger partial charge in [0.05, 0.1) is 0 Å². The normalized spacial score (nSPS) is 16.7. The molecule has 1 aliphatic heterocycles. The minimum Gasteiger partial charge on any atom is -0.409 e. The molecule has 0 saturated heterocycles. The summed E-state index contributed by atoms with van der Waals surface area (Å²) in [7, 11) is 0. The van der Waals surface area contributed by atoms with E-state index in [0.717, 1.165) is 0 Å². The second-order valence-corrected chi connectivity index (χ2v) is 2.27. The predicted molar refractivity (Wildman–Crippen MR) is 39.3 cm³/mol. The zero-order valence-corrected chi connectivity index (χ0v) is 6.64. The first kappa shape index (κ1) is 8.22. The molecule has 0 unspecified atom stereocenters. The molecular weight excluding hydrogens is 192 g/mol. The fourth-order valence-corrected chi connectivity index (χ4v) is 0.866. The Bertz CT molecular complexity index is 407. The van der Waals surface area contributed by atoms with Crippen LogP contribution >= 0.6 is 0 Å². The van der Waals surface area contributed by atoms with E-state index in [1.807, 2.05) is 0 Å². The third-order valence-electron chi connectivity index (χ3n) is 1.47. The van der Waals surface area contributed by atoms with E-state index in [1.165, 1.54) is 0 Å². The molecule has 10 nitrogen and oxygen atoms in total. The third-order valence-corrected chi connectivity index (χ3v) is 1.47. The molecule has 0 aliphatic carbocycles. The molecule has 0 spiro atoms. The number of nitrogens with zero attached hydrogens (tertiary/aromatic N) is 7. The monoisotopic (exact) mass is 196 g/mol. The molecule has 0 fully saturated rings. The molecule has 10 heteroatoms. The van der Waals surface area contributed by atoms with Crippen molar-refractivity contribution in [3.8, 4) is 0 Å². The van der Waals surface area contributed by atoms with Gasteiger partial charge in [-0.25, -0.2) is 4.63 Å². The quantitative estimate of drug-likeness (QED) is 0.295. The van der Waals surface area contributed by atoms with E-state index in [-0.39, 0.29) is 17.2 Å². The number of hydrogen-bond donors (Lipinski definition) is 2. The molecule has 2 heterocycles. The van der Waals surface area contributed by atoms with Crippen LogP contribution in [-0.2, 0) is 0 Å². The number of rotatable bonds is 2. The molecular formula is C4H4N8O2. The van der Waals surface area contributed by atoms with Crippen LogP contribution in [0.15, 0.2) is 30.5 Å². The van der Waals surface area contributed by atoms with E-state index >= 15 is 0 Å². The standard InChI is InChI=1S/C4H4N8O2/c5-3(8-13)1-2(10-14-9-1)4-6-11-12-7-4/h4,13H,(H2,5,8). The van der Waals surface area contributed by atoms with Gasteiger partial charge in [0.25, 0.3) is 0 Å². The maximum atomic E-state index is 8.42. The van der Waals surface area contributed by atoms with Gasteiger partial charge in [-0.15, -0.1) is 10.2 Å². The van der Waals surface area contributed by atoms with Gasteiger partial charge in [0, 0.05) is 0 Å². The number of nitrogens with two attached hydrogens (primary N) is 1. The average molecular weight is 196 g/mol. The summed E-state index contributed by atoms with van der Waals surface area (Å²) in [5, 5.41) is 31.8. The topological polar surface area (TPSA) is 147 Å². The Morgan fingerprint density at radius 1 is 1.36 bits per heavy atom. The first-order valence-corrected chi connectivity index (χ1v) is 3.43. The summed E-state index contributed by atoms with van der Waals surface area (Å²) in [6.45, 7) is 0. The molecule has 3 N–H and O–H groups in total. The van der Waals surface area contributed by atoms with Gasteiger partial charge >= 0.3 is 0 Å². The van der Waals surface area contributed by atoms with Crippen molar-refractivity contribution < 1.29 is 9.84 Å². The van der Waals surface area contributed by atoms with Gasteiger partial charge in [-0.3, -0.25) is 0 Å². The van der Waals surface area contributed by atoms with Gasteiger partial charge in [0.1, 0.15) is 0 Å². The largest absolute Gasteiger partial charge is 0.409 e. The lowest BCUT2D eigenvalue weighted by Gasteiger charge is -1.95. The van der Waals surface area contributed by atoms with E-state index in [0.29, 0.717) is 0 Å². The minimum absolute atomic E-state index is 0.0669. The highest BCUT2D eigenvalue weighted by atomic mass is 16.6. The van der Waals surface area contributed by atoms with Crippen LogP contribution < -0.4 is 5.73 Å². The maximum Gasteiger partial charge on any atom is 0.232 e. The average Bonchev–Trinajstić information content (AvgIpc) is 2.85. The SMILES string of the molecule is N/C(=N/O)c1nonc1C1N=NN=N1. The zero-order valence-electron chi connectivity index (χ0n) is 6.64. The van der Waals surface area contributed by atoms with Gasteiger partial charge in [-0.05, 0) is 20.8 Å². The summed E-state index contributed by atoms with van der Waals surface area (Å²) in [4.78, 5) is 0. The highest BCUT2D eigenvalue weighted by Gasteiger charge is 2.25. The molecule has 1 aliphatic rings. The smallest absolute Gasteiger partial charge is 0.232 e. The minimum atomic E-state index is -0.739. The maximum absolute atomic E-state index is 8.42. The van der Waals surface area contributed by atoms with E-state index in [1.54, 1.807) is 0 Å². The summed E-state index contributed by atoms with van der Waals surface area (Å²) >= 11 is 0. The lowest BCUT2D eigenvalue weighted by Crippen LogP contribution is -2.16. The Balaban J connectivity index is 2.39. The van der Waals surface area contributed by atoms with Crippen molar-refractivity contribution >= 4 is 5.84 Å². The summed E-state index contributed by atoms with van der Waals surface area (Å²) < 4.78 is 4.41. The summed E-state index contributed by atoms with van der Waals surface area (Å²) in [6, 6.07) is 0. The van der Waals surface area contributed by atoms with Crippen LogP contribution in [0, 0.1) is 0 Å². The Morgan fingerprint density at radius 3 is 2.71 bits per heavy atom. The lowest BCUT2D eigenvalue weighted by atomic mass is 10.2. The highest BCUT2D eigenvalue weighted by molar-refractivity contribution is 5.96. The van der Waals surface area contributed by atoms with Crippen molar-refractivity contribution in [1.82, 2.24) is 10.3 Å². The van der Waals surface area contributed by atoms with E-state index in [9.17, 15) is 0 Å². The van der Waals surface area contributed by atoms with Crippen molar-refractivity contribution in [2.75, 3.05) is 0 Å². The molecule has 2 rings (SSSR count). The molecule has 0 bridgehead atoms. The summed E-state index contributed by atoms with van der Waals surface area (Å²) in [6.07, 6.45) is -0.739. The molecule has 0 amide bonds. The summed E-state index contributed by atoms with van der Waals surface area (Å²) in [5.41, 5.74) is 5.57. The van der Waals surface area contributed by atoms with Crippen LogP contribution in [0.1, 0.15) is 17.6 Å². The molecule has 1 aromatic rings. The van der Waals surface area contributed by atoms with E-state index < -0.39 is 6.17 Å². The first-order valence-electron chi connectivity index (χ1n) is 3.43. The van der Waals surface area contributed by atoms with Crippen molar-refractivity contribution in [3.05, 3.63) is 11.4 Å². The fraction of sp³-hybridized carbons (Fsp3) is 0.250. The third kappa shape index (κ3) is 1.18. The van der Waals surface area contributed by atoms with Crippen LogP contribution in [0.4, 0.5) is 0 Å². The lowest BCUT2D eigenvalue weighted by molar-refractivity contribution is 0.299. The number of aromatic nitrogens is 2. The van der Waals surface area contributed by atoms with Gasteiger partial charge in [-0.1, -0.05) is 5.16 Å². The molecule has 1 aromatic heterocycles. The van der Waals surface area contributed by atoms with Gasteiger partial charge in [-0.2, -0.15) is 0 Å². The van der Waals surface area contributed by atoms with E-state index in [2.05, 4.69) is 40.8 Å². The van der Waals surface area contributed by atoms with Gasteiger partial charge in [0.2, 0.25) is 6.17 Å². The number of oxime groups is 1. The molecule has 72 valence electrons. The molecule has 0 saturated carbocycles. The van der Waals surface area contributed by atoms with E-state index in [4.69, 9.17) is 10.9 Å². The van der Waals surface area contributed by atoms with Gasteiger partial charge in [0.15, 0.2) is 17.2 Å². The van der Waals surface area contributed by atoms with Crippen LogP contribution in [0.2, 0.25) is 0 Å². The van der Waals surface area contributed by atoms with Crippen molar-refractivity contribution in [1.29, 1.82) is 0 Å². The predicted octanol–water partition coefficient (Wildman–Crippen LogP) is -0.00430. The van der Waals surface area contributed by atoms with Crippen LogP contribution in [0.3, 0.4) is 0 Å². The van der Waals surface area contributed by atoms with Crippen LogP contribution in [0.25, 0.3) is 0 Å². The summed E-state index contributed by atoms with van der Waals surface area (Å²) in [5.74, 6) is -0.237. The molecule has 0 atom stereocenters. The second-order valence-electron chi connectivity index (χ2n) is 2.27. The van der Waals surface area contributed by atoms with Crippen molar-refractivity contribution in [2.24, 2.45) is 31.6 Å². The Labute approximate surface area is 76.1 Å². The van der Waals surface area contributed by atoms with Crippen molar-refractivity contribution in [3.63, 3.8) is 0 Å². The fourth-order valence-electron chi connectivity index (χ4n) is 0.866. The Morgan fingerprint density at radius 2 is 2.07 bits per heavy atom. The van der Waals surface area contributed by atoms with Crippen LogP contribution in [0.5, 0.6) is 0 Å². The number of hydrogen-bond acceptors (Lipinski definition) is 9. The Hall–Kier alpha value is -2.39. The van der Waals surface area contributed by atoms with Crippen molar-refractivity contribution in [2.45, 2.75) is 6.17 Å². The molecule has 0 radical (unpaired) electrons. The number of amidine groups is 1. The highest BCUT2D eigenvalue weighted by Crippen LogP contribution is 2.24.